The van der Waals surface area contributed by atoms with Gasteiger partial charge >= 0.3 is 24.1 Å². The van der Waals surface area contributed by atoms with Gasteiger partial charge in [0, 0.05) is 0 Å². The molecular weight excluding hydrogens is 395 g/mol. The normalized spacial score (nSPS) is 11.6. The molecule has 0 saturated carbocycles. The van der Waals surface area contributed by atoms with Crippen molar-refractivity contribution in [2.45, 2.75) is 25.2 Å². The van der Waals surface area contributed by atoms with Crippen LogP contribution in [0.3, 0.4) is 0 Å². The zero-order valence-corrected chi connectivity index (χ0v) is 14.9. The molecule has 0 aliphatic heterocycles. The Kier molecular flexibility index (Phi) is 8.81. The third-order valence-corrected chi connectivity index (χ3v) is 3.45. The van der Waals surface area contributed by atoms with Gasteiger partial charge in [0.25, 0.3) is 0 Å². The topological polar surface area (TPSA) is 127 Å². The second-order valence-electron chi connectivity index (χ2n) is 5.67. The number of hydrogen-bond donors (Lipinski definition) is 3. The highest BCUT2D eigenvalue weighted by molar-refractivity contribution is 5.91. The standard InChI is InChI=1S/C17H17NO4.C2HF3O2/c18-15(16(19)20)10-13-8-4-5-9-14(13)17(21)22-11-12-6-2-1-3-7-12;3-2(4,5)1(6)7/h1-9,15H,10-11,18H2,(H,19,20);(H,6,7)/t15-;/m1./s1. The van der Waals surface area contributed by atoms with Crippen molar-refractivity contribution < 1.29 is 42.5 Å². The number of alkyl halides is 3. The minimum absolute atomic E-state index is 0.0753. The molecule has 0 unspecified atom stereocenters. The van der Waals surface area contributed by atoms with Gasteiger partial charge in [0.1, 0.15) is 12.6 Å². The number of hydrogen-bond acceptors (Lipinski definition) is 5. The fraction of sp³-hybridized carbons (Fsp3) is 0.211. The lowest BCUT2D eigenvalue weighted by Crippen LogP contribution is -2.32. The number of carbonyl (C=O) groups is 3. The average molecular weight is 413 g/mol. The van der Waals surface area contributed by atoms with Gasteiger partial charge in [0.2, 0.25) is 0 Å². The van der Waals surface area contributed by atoms with E-state index in [2.05, 4.69) is 0 Å². The van der Waals surface area contributed by atoms with E-state index in [0.717, 1.165) is 5.56 Å². The maximum absolute atomic E-state index is 12.2. The van der Waals surface area contributed by atoms with Crippen molar-refractivity contribution in [1.82, 2.24) is 0 Å². The van der Waals surface area contributed by atoms with E-state index in [1.165, 1.54) is 0 Å². The van der Waals surface area contributed by atoms with Crippen molar-refractivity contribution in [3.05, 3.63) is 71.3 Å². The van der Waals surface area contributed by atoms with E-state index < -0.39 is 30.1 Å². The summed E-state index contributed by atoms with van der Waals surface area (Å²) < 4.78 is 37.0. The summed E-state index contributed by atoms with van der Waals surface area (Å²) in [5, 5.41) is 16.0. The summed E-state index contributed by atoms with van der Waals surface area (Å²) in [6.07, 6.45) is -5.01. The Bertz CT molecular complexity index is 839. The third-order valence-electron chi connectivity index (χ3n) is 3.45. The number of halogens is 3. The van der Waals surface area contributed by atoms with Gasteiger partial charge in [-0.1, -0.05) is 48.5 Å². The summed E-state index contributed by atoms with van der Waals surface area (Å²) in [6.45, 7) is 0.166. The molecule has 29 heavy (non-hydrogen) atoms. The first kappa shape index (κ1) is 23.6. The number of carboxylic acid groups (broad SMARTS) is 2. The van der Waals surface area contributed by atoms with Crippen LogP contribution in [0.5, 0.6) is 0 Å². The zero-order valence-electron chi connectivity index (χ0n) is 14.9. The van der Waals surface area contributed by atoms with E-state index in [1.54, 1.807) is 24.3 Å². The first-order valence-corrected chi connectivity index (χ1v) is 8.09. The molecule has 2 aromatic carbocycles. The second kappa shape index (κ2) is 10.8. The third kappa shape index (κ3) is 8.43. The molecule has 0 radical (unpaired) electrons. The Morgan fingerprint density at radius 3 is 2.00 bits per heavy atom. The molecule has 2 aromatic rings. The summed E-state index contributed by atoms with van der Waals surface area (Å²) in [5.74, 6) is -4.35. The minimum Gasteiger partial charge on any atom is -0.480 e. The molecule has 0 saturated heterocycles. The smallest absolute Gasteiger partial charge is 0.480 e. The van der Waals surface area contributed by atoms with E-state index in [-0.39, 0.29) is 13.0 Å². The van der Waals surface area contributed by atoms with Crippen LogP contribution in [0.2, 0.25) is 0 Å². The predicted molar refractivity (Wildman–Crippen MR) is 95.0 cm³/mol. The number of ether oxygens (including phenoxy) is 1. The van der Waals surface area contributed by atoms with Crippen molar-refractivity contribution in [3.8, 4) is 0 Å². The highest BCUT2D eigenvalue weighted by atomic mass is 19.4. The average Bonchev–Trinajstić information content (AvgIpc) is 2.67. The van der Waals surface area contributed by atoms with E-state index >= 15 is 0 Å². The van der Waals surface area contributed by atoms with Crippen LogP contribution < -0.4 is 5.73 Å². The predicted octanol–water partition coefficient (Wildman–Crippen LogP) is 2.63. The largest absolute Gasteiger partial charge is 0.490 e. The lowest BCUT2D eigenvalue weighted by molar-refractivity contribution is -0.192. The fourth-order valence-corrected chi connectivity index (χ4v) is 2.02. The Labute approximate surface area is 163 Å². The summed E-state index contributed by atoms with van der Waals surface area (Å²) in [5.41, 5.74) is 7.32. The Morgan fingerprint density at radius 1 is 0.966 bits per heavy atom. The van der Waals surface area contributed by atoms with Gasteiger partial charge in [-0.3, -0.25) is 4.79 Å². The maximum atomic E-state index is 12.2. The molecule has 10 heteroatoms. The van der Waals surface area contributed by atoms with E-state index in [0.29, 0.717) is 11.1 Å². The molecule has 156 valence electrons. The van der Waals surface area contributed by atoms with Gasteiger partial charge in [0.15, 0.2) is 0 Å². The van der Waals surface area contributed by atoms with Crippen LogP contribution in [-0.4, -0.2) is 40.3 Å². The quantitative estimate of drug-likeness (QED) is 0.621. The molecule has 2 rings (SSSR count). The fourth-order valence-electron chi connectivity index (χ4n) is 2.02. The van der Waals surface area contributed by atoms with Crippen LogP contribution in [0, 0.1) is 0 Å². The molecule has 0 aliphatic rings. The molecule has 4 N–H and O–H groups in total. The number of esters is 1. The van der Waals surface area contributed by atoms with Crippen LogP contribution in [0.15, 0.2) is 54.6 Å². The summed E-state index contributed by atoms with van der Waals surface area (Å²) in [7, 11) is 0. The van der Waals surface area contributed by atoms with Crippen LogP contribution in [0.4, 0.5) is 13.2 Å². The van der Waals surface area contributed by atoms with Gasteiger partial charge in [0.05, 0.1) is 5.56 Å². The number of carboxylic acids is 2. The number of nitrogens with two attached hydrogens (primary N) is 1. The van der Waals surface area contributed by atoms with Gasteiger partial charge < -0.3 is 20.7 Å². The van der Waals surface area contributed by atoms with Crippen molar-refractivity contribution in [2.75, 3.05) is 0 Å². The van der Waals surface area contributed by atoms with Crippen molar-refractivity contribution in [2.24, 2.45) is 5.73 Å². The van der Waals surface area contributed by atoms with E-state index in [4.69, 9.17) is 25.5 Å². The molecule has 1 atom stereocenters. The number of benzene rings is 2. The van der Waals surface area contributed by atoms with Crippen LogP contribution in [-0.2, 0) is 27.4 Å². The Balaban J connectivity index is 0.000000516. The van der Waals surface area contributed by atoms with E-state index in [1.807, 2.05) is 30.3 Å². The Morgan fingerprint density at radius 2 is 1.48 bits per heavy atom. The van der Waals surface area contributed by atoms with Gasteiger partial charge in [-0.05, 0) is 23.6 Å². The van der Waals surface area contributed by atoms with Gasteiger partial charge in [-0.2, -0.15) is 13.2 Å². The maximum Gasteiger partial charge on any atom is 0.490 e. The summed E-state index contributed by atoms with van der Waals surface area (Å²) in [4.78, 5) is 31.9. The molecule has 0 bridgehead atoms. The molecule has 7 nitrogen and oxygen atoms in total. The van der Waals surface area contributed by atoms with E-state index in [9.17, 15) is 22.8 Å². The van der Waals surface area contributed by atoms with Crippen molar-refractivity contribution in [1.29, 1.82) is 0 Å². The molecular formula is C19H18F3NO6. The first-order valence-electron chi connectivity index (χ1n) is 8.09. The van der Waals surface area contributed by atoms with Crippen LogP contribution in [0.25, 0.3) is 0 Å². The number of aliphatic carboxylic acids is 2. The highest BCUT2D eigenvalue weighted by Gasteiger charge is 2.38. The number of carbonyl (C=O) groups excluding carboxylic acids is 1. The minimum atomic E-state index is -5.08. The molecule has 0 aliphatic carbocycles. The summed E-state index contributed by atoms with van der Waals surface area (Å²) in [6, 6.07) is 15.0. The summed E-state index contributed by atoms with van der Waals surface area (Å²) >= 11 is 0. The SMILES string of the molecule is N[C@H](Cc1ccccc1C(=O)OCc1ccccc1)C(=O)O.O=C(O)C(F)(F)F. The molecule has 0 aromatic heterocycles. The zero-order chi connectivity index (χ0) is 22.0. The van der Waals surface area contributed by atoms with Crippen molar-refractivity contribution in [3.63, 3.8) is 0 Å². The Hall–Kier alpha value is -3.40. The molecule has 0 fully saturated rings. The molecule has 0 spiro atoms. The van der Waals surface area contributed by atoms with Crippen LogP contribution in [0.1, 0.15) is 21.5 Å². The van der Waals surface area contributed by atoms with Gasteiger partial charge in [-0.15, -0.1) is 0 Å². The highest BCUT2D eigenvalue weighted by Crippen LogP contribution is 2.14. The monoisotopic (exact) mass is 413 g/mol. The lowest BCUT2D eigenvalue weighted by atomic mass is 10.0. The van der Waals surface area contributed by atoms with Crippen LogP contribution >= 0.6 is 0 Å². The first-order chi connectivity index (χ1) is 13.5. The number of rotatable bonds is 6. The van der Waals surface area contributed by atoms with Gasteiger partial charge in [-0.25, -0.2) is 9.59 Å². The lowest BCUT2D eigenvalue weighted by Gasteiger charge is -2.11. The second-order valence-corrected chi connectivity index (χ2v) is 5.67. The molecule has 0 amide bonds. The van der Waals surface area contributed by atoms with Crippen molar-refractivity contribution >= 4 is 17.9 Å². The molecule has 0 heterocycles.